The van der Waals surface area contributed by atoms with E-state index in [1.807, 2.05) is 12.1 Å². The molecule has 0 fully saturated rings. The fraction of sp³-hybridized carbons (Fsp3) is 0.500. The Morgan fingerprint density at radius 2 is 2.44 bits per heavy atom. The molecule has 86 valence electrons. The van der Waals surface area contributed by atoms with Crippen LogP contribution in [0.5, 0.6) is 0 Å². The number of nitrogens with zero attached hydrogens (tertiary/aromatic N) is 4. The van der Waals surface area contributed by atoms with E-state index >= 15 is 0 Å². The molecule has 0 amide bonds. The highest BCUT2D eigenvalue weighted by Gasteiger charge is 2.07. The number of tetrazole rings is 1. The zero-order valence-electron chi connectivity index (χ0n) is 9.17. The van der Waals surface area contributed by atoms with Gasteiger partial charge in [-0.3, -0.25) is 0 Å². The molecule has 0 aromatic carbocycles. The summed E-state index contributed by atoms with van der Waals surface area (Å²) in [5.74, 6) is 1.92. The largest absolute Gasteiger partial charge is 0.467 e. The third-order valence-electron chi connectivity index (χ3n) is 2.11. The third-order valence-corrected chi connectivity index (χ3v) is 3.16. The average Bonchev–Trinajstić information content (AvgIpc) is 2.92. The van der Waals surface area contributed by atoms with Crippen molar-refractivity contribution in [3.05, 3.63) is 24.2 Å². The predicted molar refractivity (Wildman–Crippen MR) is 61.3 cm³/mol. The van der Waals surface area contributed by atoms with E-state index in [2.05, 4.69) is 22.4 Å². The maximum absolute atomic E-state index is 5.26. The second-order valence-electron chi connectivity index (χ2n) is 3.40. The second kappa shape index (κ2) is 5.69. The molecule has 16 heavy (non-hydrogen) atoms. The van der Waals surface area contributed by atoms with E-state index in [4.69, 9.17) is 4.42 Å². The predicted octanol–water partition coefficient (Wildman–Crippen LogP) is 2.21. The molecule has 0 saturated heterocycles. The summed E-state index contributed by atoms with van der Waals surface area (Å²) in [5, 5.41) is 12.5. The number of furan rings is 1. The molecule has 0 aliphatic rings. The Bertz CT molecular complexity index is 412. The zero-order valence-corrected chi connectivity index (χ0v) is 9.98. The summed E-state index contributed by atoms with van der Waals surface area (Å²) >= 11 is 1.69. The van der Waals surface area contributed by atoms with E-state index in [0.29, 0.717) is 6.54 Å². The van der Waals surface area contributed by atoms with Crippen molar-refractivity contribution >= 4 is 11.8 Å². The summed E-state index contributed by atoms with van der Waals surface area (Å²) in [7, 11) is 0. The number of aromatic nitrogens is 4. The molecule has 0 bridgehead atoms. The van der Waals surface area contributed by atoms with Crippen LogP contribution in [0.1, 0.15) is 25.5 Å². The van der Waals surface area contributed by atoms with Gasteiger partial charge < -0.3 is 4.42 Å². The summed E-state index contributed by atoms with van der Waals surface area (Å²) in [6.45, 7) is 2.76. The Hall–Kier alpha value is -1.30. The van der Waals surface area contributed by atoms with Crippen LogP contribution in [0, 0.1) is 0 Å². The standard InChI is InChI=1S/C10H14N4OS/c1-2-3-7-16-10-11-12-13-14(10)8-9-5-4-6-15-9/h4-6H,2-3,7-8H2,1H3. The smallest absolute Gasteiger partial charge is 0.209 e. The summed E-state index contributed by atoms with van der Waals surface area (Å²) in [5.41, 5.74) is 0. The fourth-order valence-electron chi connectivity index (χ4n) is 1.26. The van der Waals surface area contributed by atoms with E-state index in [-0.39, 0.29) is 0 Å². The molecule has 0 unspecified atom stereocenters. The Morgan fingerprint density at radius 1 is 1.50 bits per heavy atom. The van der Waals surface area contributed by atoms with Gasteiger partial charge in [0.05, 0.1) is 6.26 Å². The highest BCUT2D eigenvalue weighted by Crippen LogP contribution is 2.16. The molecule has 0 aliphatic heterocycles. The molecule has 2 heterocycles. The Labute approximate surface area is 98.2 Å². The lowest BCUT2D eigenvalue weighted by Gasteiger charge is -2.01. The van der Waals surface area contributed by atoms with Crippen LogP contribution in [-0.2, 0) is 6.54 Å². The SMILES string of the molecule is CCCCSc1nnnn1Cc1ccco1. The van der Waals surface area contributed by atoms with Gasteiger partial charge in [0.2, 0.25) is 5.16 Å². The topological polar surface area (TPSA) is 56.7 Å². The number of thioether (sulfide) groups is 1. The molecule has 2 rings (SSSR count). The number of rotatable bonds is 6. The van der Waals surface area contributed by atoms with Crippen molar-refractivity contribution < 1.29 is 4.42 Å². The van der Waals surface area contributed by atoms with E-state index in [1.165, 1.54) is 12.8 Å². The first-order valence-corrected chi connectivity index (χ1v) is 6.30. The Morgan fingerprint density at radius 3 is 3.19 bits per heavy atom. The van der Waals surface area contributed by atoms with Crippen molar-refractivity contribution in [2.45, 2.75) is 31.5 Å². The number of unbranched alkanes of at least 4 members (excludes halogenated alkanes) is 1. The zero-order chi connectivity index (χ0) is 11.2. The number of hydrogen-bond acceptors (Lipinski definition) is 5. The van der Waals surface area contributed by atoms with Crippen LogP contribution in [0.3, 0.4) is 0 Å². The van der Waals surface area contributed by atoms with Crippen molar-refractivity contribution in [3.8, 4) is 0 Å². The van der Waals surface area contributed by atoms with Gasteiger partial charge in [0.25, 0.3) is 0 Å². The van der Waals surface area contributed by atoms with Gasteiger partial charge in [-0.15, -0.1) is 5.10 Å². The van der Waals surface area contributed by atoms with Gasteiger partial charge in [-0.05, 0) is 29.0 Å². The van der Waals surface area contributed by atoms with Crippen LogP contribution in [-0.4, -0.2) is 26.0 Å². The fourth-order valence-corrected chi connectivity index (χ4v) is 2.22. The van der Waals surface area contributed by atoms with Gasteiger partial charge in [-0.2, -0.15) is 0 Å². The first kappa shape index (κ1) is 11.2. The first-order valence-electron chi connectivity index (χ1n) is 5.31. The van der Waals surface area contributed by atoms with Gasteiger partial charge in [-0.25, -0.2) is 4.68 Å². The van der Waals surface area contributed by atoms with Crippen molar-refractivity contribution in [2.24, 2.45) is 0 Å². The maximum atomic E-state index is 5.26. The van der Waals surface area contributed by atoms with E-state index in [0.717, 1.165) is 16.7 Å². The lowest BCUT2D eigenvalue weighted by Crippen LogP contribution is -2.03. The van der Waals surface area contributed by atoms with Crippen LogP contribution in [0.25, 0.3) is 0 Å². The quantitative estimate of drug-likeness (QED) is 0.570. The van der Waals surface area contributed by atoms with Crippen molar-refractivity contribution in [1.29, 1.82) is 0 Å². The van der Waals surface area contributed by atoms with Gasteiger partial charge >= 0.3 is 0 Å². The lowest BCUT2D eigenvalue weighted by atomic mass is 10.4. The Kier molecular flexibility index (Phi) is 3.98. The van der Waals surface area contributed by atoms with Crippen LogP contribution in [0.15, 0.2) is 28.0 Å². The second-order valence-corrected chi connectivity index (χ2v) is 4.46. The minimum absolute atomic E-state index is 0.592. The first-order chi connectivity index (χ1) is 7.90. The van der Waals surface area contributed by atoms with Crippen molar-refractivity contribution in [1.82, 2.24) is 20.2 Å². The Balaban J connectivity index is 1.96. The van der Waals surface area contributed by atoms with Gasteiger partial charge in [0.1, 0.15) is 12.3 Å². The van der Waals surface area contributed by atoms with E-state index in [1.54, 1.807) is 22.7 Å². The highest BCUT2D eigenvalue weighted by atomic mass is 32.2. The van der Waals surface area contributed by atoms with E-state index in [9.17, 15) is 0 Å². The summed E-state index contributed by atoms with van der Waals surface area (Å²) in [6, 6.07) is 3.78. The van der Waals surface area contributed by atoms with Gasteiger partial charge in [-0.1, -0.05) is 25.1 Å². The van der Waals surface area contributed by atoms with Crippen LogP contribution in [0.4, 0.5) is 0 Å². The van der Waals surface area contributed by atoms with Gasteiger partial charge in [0.15, 0.2) is 0 Å². The summed E-state index contributed by atoms with van der Waals surface area (Å²) < 4.78 is 7.02. The minimum atomic E-state index is 0.592. The monoisotopic (exact) mass is 238 g/mol. The molecule has 0 N–H and O–H groups in total. The van der Waals surface area contributed by atoms with Crippen LogP contribution in [0.2, 0.25) is 0 Å². The van der Waals surface area contributed by atoms with E-state index < -0.39 is 0 Å². The molecule has 2 aromatic rings. The lowest BCUT2D eigenvalue weighted by molar-refractivity contribution is 0.462. The van der Waals surface area contributed by atoms with Gasteiger partial charge in [0, 0.05) is 5.75 Å². The maximum Gasteiger partial charge on any atom is 0.209 e. The van der Waals surface area contributed by atoms with Crippen molar-refractivity contribution in [2.75, 3.05) is 5.75 Å². The number of hydrogen-bond donors (Lipinski definition) is 0. The van der Waals surface area contributed by atoms with Crippen LogP contribution < -0.4 is 0 Å². The molecule has 0 atom stereocenters. The molecule has 2 aromatic heterocycles. The molecular weight excluding hydrogens is 224 g/mol. The molecule has 5 nitrogen and oxygen atoms in total. The molecule has 6 heteroatoms. The normalized spacial score (nSPS) is 10.8. The average molecular weight is 238 g/mol. The summed E-state index contributed by atoms with van der Waals surface area (Å²) in [4.78, 5) is 0. The minimum Gasteiger partial charge on any atom is -0.467 e. The molecular formula is C10H14N4OS. The van der Waals surface area contributed by atoms with Crippen molar-refractivity contribution in [3.63, 3.8) is 0 Å². The molecule has 0 radical (unpaired) electrons. The highest BCUT2D eigenvalue weighted by molar-refractivity contribution is 7.99. The summed E-state index contributed by atoms with van der Waals surface area (Å²) in [6.07, 6.45) is 4.02. The molecule has 0 saturated carbocycles. The molecule has 0 aliphatic carbocycles. The third kappa shape index (κ3) is 2.85. The molecule has 0 spiro atoms. The van der Waals surface area contributed by atoms with Crippen LogP contribution >= 0.6 is 11.8 Å².